The van der Waals surface area contributed by atoms with Gasteiger partial charge in [0.1, 0.15) is 0 Å². The van der Waals surface area contributed by atoms with Crippen LogP contribution in [0.1, 0.15) is 28.8 Å². The van der Waals surface area contributed by atoms with Crippen LogP contribution in [-0.2, 0) is 6.18 Å². The predicted octanol–water partition coefficient (Wildman–Crippen LogP) is 4.41. The van der Waals surface area contributed by atoms with Crippen molar-refractivity contribution in [2.24, 2.45) is 0 Å². The number of benzene rings is 2. The van der Waals surface area contributed by atoms with Gasteiger partial charge in [-0.05, 0) is 43.2 Å². The summed E-state index contributed by atoms with van der Waals surface area (Å²) < 4.78 is 59.0. The fourth-order valence-electron chi connectivity index (χ4n) is 3.14. The zero-order valence-corrected chi connectivity index (χ0v) is 14.9. The van der Waals surface area contributed by atoms with Gasteiger partial charge in [0, 0.05) is 30.0 Å². The number of phenols is 1. The van der Waals surface area contributed by atoms with E-state index < -0.39 is 29.2 Å². The predicted molar refractivity (Wildman–Crippen MR) is 95.5 cm³/mol. The van der Waals surface area contributed by atoms with E-state index in [9.17, 15) is 27.5 Å². The molecule has 1 fully saturated rings. The number of nitrogens with one attached hydrogen (secondary N) is 1. The third-order valence-electron chi connectivity index (χ3n) is 4.52. The fourth-order valence-corrected chi connectivity index (χ4v) is 3.14. The van der Waals surface area contributed by atoms with Crippen molar-refractivity contribution >= 4 is 17.3 Å². The number of alkyl halides is 3. The molecule has 0 spiro atoms. The monoisotopic (exact) mass is 398 g/mol. The second-order valence-corrected chi connectivity index (χ2v) is 6.39. The van der Waals surface area contributed by atoms with Gasteiger partial charge in [-0.2, -0.15) is 13.2 Å². The van der Waals surface area contributed by atoms with E-state index in [0.29, 0.717) is 13.1 Å². The number of hydrogen-bond acceptors (Lipinski definition) is 4. The fraction of sp³-hybridized carbons (Fsp3) is 0.316. The molecular formula is C19H18F4N2O3. The molecule has 0 bridgehead atoms. The molecule has 0 saturated carbocycles. The lowest BCUT2D eigenvalue weighted by Crippen LogP contribution is -2.22. The second-order valence-electron chi connectivity index (χ2n) is 6.39. The molecule has 1 aliphatic heterocycles. The molecule has 2 aromatic rings. The van der Waals surface area contributed by atoms with Crippen LogP contribution in [0.25, 0.3) is 0 Å². The summed E-state index contributed by atoms with van der Waals surface area (Å²) in [6, 6.07) is 5.42. The Morgan fingerprint density at radius 1 is 1.18 bits per heavy atom. The summed E-state index contributed by atoms with van der Waals surface area (Å²) in [6.45, 7) is 1.09. The number of carbonyl (C=O) groups excluding carboxylic acids is 1. The second kappa shape index (κ2) is 7.57. The Balaban J connectivity index is 1.90. The number of aromatic hydroxyl groups is 1. The van der Waals surface area contributed by atoms with Crippen molar-refractivity contribution in [1.82, 2.24) is 0 Å². The van der Waals surface area contributed by atoms with Crippen molar-refractivity contribution in [3.8, 4) is 11.5 Å². The minimum Gasteiger partial charge on any atom is -0.502 e. The number of anilines is 2. The first-order chi connectivity index (χ1) is 13.2. The summed E-state index contributed by atoms with van der Waals surface area (Å²) >= 11 is 0. The number of halogens is 4. The molecule has 1 heterocycles. The Kier molecular flexibility index (Phi) is 5.35. The number of methoxy groups -OCH3 is 1. The molecule has 1 amide bonds. The van der Waals surface area contributed by atoms with E-state index >= 15 is 0 Å². The molecule has 2 aromatic carbocycles. The van der Waals surface area contributed by atoms with Gasteiger partial charge in [-0.25, -0.2) is 4.39 Å². The van der Waals surface area contributed by atoms with Crippen molar-refractivity contribution in [3.63, 3.8) is 0 Å². The van der Waals surface area contributed by atoms with E-state index in [1.54, 1.807) is 4.90 Å². The van der Waals surface area contributed by atoms with Crippen molar-refractivity contribution in [1.29, 1.82) is 0 Å². The Labute approximate surface area is 158 Å². The SMILES string of the molecule is COc1cc(C(=O)Nc2ccc(N3CCCC3)c(C(F)(F)F)c2)cc(F)c1O. The van der Waals surface area contributed by atoms with Gasteiger partial charge >= 0.3 is 6.18 Å². The number of ether oxygens (including phenoxy) is 1. The number of amides is 1. The molecule has 0 aliphatic carbocycles. The van der Waals surface area contributed by atoms with E-state index in [2.05, 4.69) is 5.32 Å². The molecule has 150 valence electrons. The van der Waals surface area contributed by atoms with Gasteiger partial charge in [-0.15, -0.1) is 0 Å². The maximum absolute atomic E-state index is 13.7. The quantitative estimate of drug-likeness (QED) is 0.749. The normalized spacial score (nSPS) is 14.2. The van der Waals surface area contributed by atoms with Crippen molar-refractivity contribution in [2.75, 3.05) is 30.4 Å². The molecule has 0 unspecified atom stereocenters. The smallest absolute Gasteiger partial charge is 0.418 e. The van der Waals surface area contributed by atoms with Crippen LogP contribution in [0.2, 0.25) is 0 Å². The van der Waals surface area contributed by atoms with Crippen LogP contribution in [-0.4, -0.2) is 31.2 Å². The summed E-state index contributed by atoms with van der Waals surface area (Å²) in [6.07, 6.45) is -2.94. The number of rotatable bonds is 4. The maximum atomic E-state index is 13.7. The van der Waals surface area contributed by atoms with Crippen LogP contribution in [0.15, 0.2) is 30.3 Å². The van der Waals surface area contributed by atoms with E-state index in [1.165, 1.54) is 19.2 Å². The molecule has 0 atom stereocenters. The molecule has 2 N–H and O–H groups in total. The van der Waals surface area contributed by atoms with Crippen molar-refractivity contribution in [3.05, 3.63) is 47.3 Å². The molecule has 5 nitrogen and oxygen atoms in total. The van der Waals surface area contributed by atoms with Gasteiger partial charge in [-0.1, -0.05) is 0 Å². The molecule has 28 heavy (non-hydrogen) atoms. The Hall–Kier alpha value is -2.97. The first kappa shape index (κ1) is 19.8. The summed E-state index contributed by atoms with van der Waals surface area (Å²) in [7, 11) is 1.18. The highest BCUT2D eigenvalue weighted by molar-refractivity contribution is 6.04. The summed E-state index contributed by atoms with van der Waals surface area (Å²) in [5.74, 6) is -2.93. The highest BCUT2D eigenvalue weighted by Crippen LogP contribution is 2.39. The molecule has 1 saturated heterocycles. The number of carbonyl (C=O) groups is 1. The van der Waals surface area contributed by atoms with Crippen LogP contribution in [0.5, 0.6) is 11.5 Å². The van der Waals surface area contributed by atoms with E-state index in [-0.39, 0.29) is 22.7 Å². The van der Waals surface area contributed by atoms with Crippen LogP contribution < -0.4 is 15.0 Å². The van der Waals surface area contributed by atoms with Crippen molar-refractivity contribution in [2.45, 2.75) is 19.0 Å². The van der Waals surface area contributed by atoms with E-state index in [1.807, 2.05) is 0 Å². The summed E-state index contributed by atoms with van der Waals surface area (Å²) in [4.78, 5) is 14.0. The Morgan fingerprint density at radius 3 is 2.46 bits per heavy atom. The molecule has 3 rings (SSSR count). The highest BCUT2D eigenvalue weighted by atomic mass is 19.4. The Morgan fingerprint density at radius 2 is 1.86 bits per heavy atom. The van der Waals surface area contributed by atoms with Crippen LogP contribution in [0.4, 0.5) is 28.9 Å². The average Bonchev–Trinajstić information content (AvgIpc) is 3.17. The van der Waals surface area contributed by atoms with Gasteiger partial charge in [0.05, 0.1) is 12.7 Å². The van der Waals surface area contributed by atoms with E-state index in [4.69, 9.17) is 4.74 Å². The lowest BCUT2D eigenvalue weighted by Gasteiger charge is -2.23. The zero-order chi connectivity index (χ0) is 20.5. The number of hydrogen-bond donors (Lipinski definition) is 2. The standard InChI is InChI=1S/C19H18F4N2O3/c1-28-16-9-11(8-14(20)17(16)26)18(27)24-12-4-5-15(25-6-2-3-7-25)13(10-12)19(21,22)23/h4-5,8-10,26H,2-3,6-7H2,1H3,(H,24,27). The van der Waals surface area contributed by atoms with Crippen LogP contribution in [0, 0.1) is 5.82 Å². The minimum atomic E-state index is -4.59. The lowest BCUT2D eigenvalue weighted by atomic mass is 10.1. The maximum Gasteiger partial charge on any atom is 0.418 e. The topological polar surface area (TPSA) is 61.8 Å². The lowest BCUT2D eigenvalue weighted by molar-refractivity contribution is -0.137. The van der Waals surface area contributed by atoms with Crippen molar-refractivity contribution < 1.29 is 32.2 Å². The largest absolute Gasteiger partial charge is 0.502 e. The molecule has 0 radical (unpaired) electrons. The minimum absolute atomic E-state index is 0.0698. The number of nitrogens with zero attached hydrogens (tertiary/aromatic N) is 1. The Bertz CT molecular complexity index is 893. The average molecular weight is 398 g/mol. The summed E-state index contributed by atoms with van der Waals surface area (Å²) in [5, 5.41) is 11.8. The van der Waals surface area contributed by atoms with Gasteiger partial charge < -0.3 is 20.1 Å². The molecule has 9 heteroatoms. The zero-order valence-electron chi connectivity index (χ0n) is 14.9. The highest BCUT2D eigenvalue weighted by Gasteiger charge is 2.36. The first-order valence-electron chi connectivity index (χ1n) is 8.54. The number of phenolic OH excluding ortho intramolecular Hbond substituents is 1. The van der Waals surface area contributed by atoms with Gasteiger partial charge in [-0.3, -0.25) is 4.79 Å². The third kappa shape index (κ3) is 3.97. The van der Waals surface area contributed by atoms with Crippen LogP contribution >= 0.6 is 0 Å². The first-order valence-corrected chi connectivity index (χ1v) is 8.54. The molecular weight excluding hydrogens is 380 g/mol. The van der Waals surface area contributed by atoms with Gasteiger partial charge in [0.2, 0.25) is 0 Å². The molecule has 0 aromatic heterocycles. The molecule has 1 aliphatic rings. The third-order valence-corrected chi connectivity index (χ3v) is 4.52. The summed E-state index contributed by atoms with van der Waals surface area (Å²) in [5.41, 5.74) is -1.06. The van der Waals surface area contributed by atoms with Gasteiger partial charge in [0.15, 0.2) is 17.3 Å². The van der Waals surface area contributed by atoms with Gasteiger partial charge in [0.25, 0.3) is 5.91 Å². The van der Waals surface area contributed by atoms with E-state index in [0.717, 1.165) is 31.0 Å². The van der Waals surface area contributed by atoms with Crippen LogP contribution in [0.3, 0.4) is 0 Å².